The number of thioether (sulfide) groups is 2. The summed E-state index contributed by atoms with van der Waals surface area (Å²) in [5.74, 6) is -3.32. The average Bonchev–Trinajstić information content (AvgIpc) is 3.51. The van der Waals surface area contributed by atoms with Crippen LogP contribution in [0.2, 0.25) is 0 Å². The molecule has 1 saturated heterocycles. The van der Waals surface area contributed by atoms with Crippen molar-refractivity contribution in [2.75, 3.05) is 18.6 Å². The number of aliphatic carboxylic acids is 1. The molecule has 2 aromatic rings. The number of amides is 2. The molecule has 4 heterocycles. The number of carbonyl (C=O) groups excluding carboxylic acids is 4. The van der Waals surface area contributed by atoms with Gasteiger partial charge < -0.3 is 25.4 Å². The van der Waals surface area contributed by atoms with E-state index in [0.717, 1.165) is 16.2 Å². The third-order valence-corrected chi connectivity index (χ3v) is 7.52. The lowest BCUT2D eigenvalue weighted by molar-refractivity contribution is -0.150. The van der Waals surface area contributed by atoms with E-state index in [-0.39, 0.29) is 33.6 Å². The van der Waals surface area contributed by atoms with E-state index < -0.39 is 45.1 Å². The van der Waals surface area contributed by atoms with Gasteiger partial charge in [-0.3, -0.25) is 24.1 Å². The zero-order chi connectivity index (χ0) is 25.3. The van der Waals surface area contributed by atoms with Gasteiger partial charge in [0.1, 0.15) is 29.9 Å². The number of carboxylic acids is 1. The first-order valence-corrected chi connectivity index (χ1v) is 12.3. The molecule has 182 valence electrons. The molecular weight excluding hydrogens is 522 g/mol. The second kappa shape index (κ2) is 9.93. The summed E-state index contributed by atoms with van der Waals surface area (Å²) in [6.07, 6.45) is 1.31. The van der Waals surface area contributed by atoms with Crippen molar-refractivity contribution in [3.8, 4) is 0 Å². The van der Waals surface area contributed by atoms with Crippen molar-refractivity contribution in [2.45, 2.75) is 11.4 Å². The molecule has 0 bridgehead atoms. The van der Waals surface area contributed by atoms with Gasteiger partial charge in [-0.25, -0.2) is 9.78 Å². The minimum atomic E-state index is -1.51. The summed E-state index contributed by atoms with van der Waals surface area (Å²) >= 11 is 2.41. The van der Waals surface area contributed by atoms with Crippen LogP contribution in [0.1, 0.15) is 16.2 Å². The molecule has 4 rings (SSSR count). The quantitative estimate of drug-likeness (QED) is 0.240. The number of nitrogens with zero attached hydrogens (tertiary/aromatic N) is 3. The van der Waals surface area contributed by atoms with Crippen LogP contribution < -0.4 is 11.1 Å². The fourth-order valence-electron chi connectivity index (χ4n) is 3.24. The predicted molar refractivity (Wildman–Crippen MR) is 125 cm³/mol. The maximum atomic E-state index is 12.8. The molecule has 1 fully saturated rings. The maximum absolute atomic E-state index is 12.8. The predicted octanol–water partition coefficient (Wildman–Crippen LogP) is 0.508. The normalized spacial score (nSPS) is 19.8. The molecule has 2 unspecified atom stereocenters. The first kappa shape index (κ1) is 24.5. The van der Waals surface area contributed by atoms with Gasteiger partial charge in [0, 0.05) is 16.7 Å². The Kier molecular flexibility index (Phi) is 6.95. The van der Waals surface area contributed by atoms with Crippen LogP contribution in [0.4, 0.5) is 5.13 Å². The van der Waals surface area contributed by atoms with Crippen LogP contribution in [0, 0.1) is 0 Å². The van der Waals surface area contributed by atoms with Gasteiger partial charge in [-0.05, 0) is 12.1 Å². The first-order chi connectivity index (χ1) is 16.7. The Morgan fingerprint density at radius 3 is 2.77 bits per heavy atom. The van der Waals surface area contributed by atoms with Crippen LogP contribution >= 0.6 is 34.9 Å². The van der Waals surface area contributed by atoms with Crippen LogP contribution in [-0.2, 0) is 24.0 Å². The molecule has 0 spiro atoms. The highest BCUT2D eigenvalue weighted by Gasteiger charge is 2.56. The Labute approximate surface area is 208 Å². The highest BCUT2D eigenvalue weighted by Crippen LogP contribution is 2.42. The van der Waals surface area contributed by atoms with E-state index in [1.807, 2.05) is 0 Å². The molecule has 0 radical (unpaired) electrons. The second-order valence-electron chi connectivity index (χ2n) is 6.83. The molecular formula is C19H15N5O8S3. The summed E-state index contributed by atoms with van der Waals surface area (Å²) in [6, 6.07) is 1.74. The molecule has 0 saturated carbocycles. The fraction of sp³-hybridized carbons (Fsp3) is 0.211. The van der Waals surface area contributed by atoms with E-state index in [2.05, 4.69) is 20.3 Å². The first-order valence-electron chi connectivity index (χ1n) is 9.57. The Hall–Kier alpha value is -3.63. The topological polar surface area (TPSA) is 194 Å². The molecule has 13 nitrogen and oxygen atoms in total. The highest BCUT2D eigenvalue weighted by molar-refractivity contribution is 8.16. The highest BCUT2D eigenvalue weighted by atomic mass is 32.2. The molecule has 2 aliphatic rings. The fourth-order valence-corrected chi connectivity index (χ4v) is 5.85. The third-order valence-electron chi connectivity index (χ3n) is 4.77. The number of carboxylic acid groups (broad SMARTS) is 1. The third kappa shape index (κ3) is 4.67. The number of hydrogen-bond acceptors (Lipinski definition) is 13. The number of furan rings is 1. The number of nitrogens with one attached hydrogen (secondary N) is 1. The van der Waals surface area contributed by atoms with Crippen molar-refractivity contribution in [2.24, 2.45) is 5.16 Å². The molecule has 2 aromatic heterocycles. The molecule has 2 aliphatic heterocycles. The Bertz CT molecular complexity index is 1290. The number of nitrogen functional groups attached to an aromatic ring is 1. The Balaban J connectivity index is 1.52. The maximum Gasteiger partial charge on any atom is 0.353 e. The molecule has 4 N–H and O–H groups in total. The van der Waals surface area contributed by atoms with Gasteiger partial charge in [0.05, 0.1) is 6.26 Å². The Morgan fingerprint density at radius 2 is 2.17 bits per heavy atom. The molecule has 0 aromatic carbocycles. The van der Waals surface area contributed by atoms with Crippen LogP contribution in [0.3, 0.4) is 0 Å². The molecule has 0 aliphatic carbocycles. The molecule has 16 heteroatoms. The van der Waals surface area contributed by atoms with Crippen LogP contribution in [0.25, 0.3) is 0 Å². The minimum absolute atomic E-state index is 0.0412. The van der Waals surface area contributed by atoms with E-state index >= 15 is 0 Å². The summed E-state index contributed by atoms with van der Waals surface area (Å²) in [7, 11) is 1.22. The average molecular weight is 538 g/mol. The van der Waals surface area contributed by atoms with E-state index in [0.29, 0.717) is 23.5 Å². The molecule has 2 atom stereocenters. The number of aromatic nitrogens is 1. The lowest BCUT2D eigenvalue weighted by Gasteiger charge is -2.48. The van der Waals surface area contributed by atoms with Crippen molar-refractivity contribution >= 4 is 73.7 Å². The number of thiazole rings is 1. The second-order valence-corrected chi connectivity index (χ2v) is 9.76. The van der Waals surface area contributed by atoms with E-state index in [4.69, 9.17) is 10.2 Å². The van der Waals surface area contributed by atoms with Crippen molar-refractivity contribution in [1.82, 2.24) is 15.2 Å². The zero-order valence-corrected chi connectivity index (χ0v) is 20.1. The summed E-state index contributed by atoms with van der Waals surface area (Å²) in [4.78, 5) is 72.1. The summed E-state index contributed by atoms with van der Waals surface area (Å²) < 4.78 is 5.00. The monoisotopic (exact) mass is 537 g/mol. The van der Waals surface area contributed by atoms with E-state index in [1.54, 1.807) is 0 Å². The van der Waals surface area contributed by atoms with Crippen molar-refractivity contribution < 1.29 is 38.3 Å². The Morgan fingerprint density at radius 1 is 1.40 bits per heavy atom. The van der Waals surface area contributed by atoms with Crippen LogP contribution in [0.5, 0.6) is 0 Å². The largest absolute Gasteiger partial charge is 0.477 e. The summed E-state index contributed by atoms with van der Waals surface area (Å²) in [5.41, 5.74) is 4.72. The standard InChI is InChI=1S/C19H15N5O8S3/c1-31-23-10(8-6-34-19(20)21-8)13(25)22-11-14(26)24-12(16(27)28)7(17(29)35-15(11)24)5-33-18(30)9-3-2-4-32-9/h2-4,6,11,15H,5H2,1H3,(H2,20,21)(H,22,25)(H,27,28)/b23-10-. The number of carbonyl (C=O) groups is 5. The molecule has 2 amide bonds. The SMILES string of the molecule is CO/N=C(\C(=O)NC1C(=O)N2C(C(=O)O)=C(CSC(=O)c3ccco3)C(=O)SC12)c1csc(N)n1. The summed E-state index contributed by atoms with van der Waals surface area (Å²) in [5, 5.41) is 15.3. The summed E-state index contributed by atoms with van der Waals surface area (Å²) in [6.45, 7) is 0. The lowest BCUT2D eigenvalue weighted by atomic mass is 10.0. The van der Waals surface area contributed by atoms with Gasteiger partial charge in [0.25, 0.3) is 16.9 Å². The number of nitrogens with two attached hydrogens (primary N) is 1. The van der Waals surface area contributed by atoms with Gasteiger partial charge in [0.15, 0.2) is 16.6 Å². The van der Waals surface area contributed by atoms with Gasteiger partial charge in [-0.2, -0.15) is 0 Å². The number of anilines is 1. The number of β-lactam (4-membered cyclic amide) rings is 1. The van der Waals surface area contributed by atoms with Crippen LogP contribution in [0.15, 0.2) is 44.6 Å². The lowest BCUT2D eigenvalue weighted by Crippen LogP contribution is -2.71. The number of hydrogen-bond donors (Lipinski definition) is 3. The van der Waals surface area contributed by atoms with Crippen molar-refractivity contribution in [1.29, 1.82) is 0 Å². The minimum Gasteiger partial charge on any atom is -0.477 e. The van der Waals surface area contributed by atoms with E-state index in [9.17, 15) is 29.1 Å². The van der Waals surface area contributed by atoms with Crippen molar-refractivity contribution in [3.63, 3.8) is 0 Å². The zero-order valence-electron chi connectivity index (χ0n) is 17.6. The molecule has 35 heavy (non-hydrogen) atoms. The van der Waals surface area contributed by atoms with Gasteiger partial charge in [0.2, 0.25) is 5.12 Å². The van der Waals surface area contributed by atoms with Gasteiger partial charge in [-0.1, -0.05) is 28.7 Å². The number of oxime groups is 1. The van der Waals surface area contributed by atoms with E-state index in [1.165, 1.54) is 30.9 Å². The smallest absolute Gasteiger partial charge is 0.353 e. The van der Waals surface area contributed by atoms with Gasteiger partial charge in [-0.15, -0.1) is 11.3 Å². The van der Waals surface area contributed by atoms with Crippen molar-refractivity contribution in [3.05, 3.63) is 46.5 Å². The number of fused-ring (bicyclic) bond motifs is 1. The van der Waals surface area contributed by atoms with Crippen LogP contribution in [-0.4, -0.2) is 73.0 Å². The number of rotatable bonds is 8. The van der Waals surface area contributed by atoms with Gasteiger partial charge >= 0.3 is 5.97 Å².